The molecule has 0 aromatic heterocycles. The molecule has 2 aromatic carbocycles. The van der Waals surface area contributed by atoms with Crippen molar-refractivity contribution in [2.45, 2.75) is 13.3 Å². The second-order valence-electron chi connectivity index (χ2n) is 5.87. The van der Waals surface area contributed by atoms with Crippen molar-refractivity contribution in [3.05, 3.63) is 58.9 Å². The lowest BCUT2D eigenvalue weighted by Crippen LogP contribution is -2.21. The van der Waals surface area contributed by atoms with E-state index >= 15 is 0 Å². The highest BCUT2D eigenvalue weighted by molar-refractivity contribution is 6.31. The topological polar surface area (TPSA) is 58.2 Å². The first-order chi connectivity index (χ1) is 11.5. The summed E-state index contributed by atoms with van der Waals surface area (Å²) in [6.07, 6.45) is 0.450. The van der Waals surface area contributed by atoms with Crippen LogP contribution in [0.25, 0.3) is 0 Å². The molecule has 0 saturated heterocycles. The summed E-state index contributed by atoms with van der Waals surface area (Å²) >= 11 is 5.93. The van der Waals surface area contributed by atoms with E-state index in [-0.39, 0.29) is 17.5 Å². The predicted octanol–water partition coefficient (Wildman–Crippen LogP) is 4.00. The fraction of sp³-hybridized carbons (Fsp3) is 0.222. The zero-order valence-electron chi connectivity index (χ0n) is 13.0. The SMILES string of the molecule is Cc1ccc(Cl)cc1NC(=O)C1CC1C(=O)Nc1ccccc1F. The van der Waals surface area contributed by atoms with E-state index in [1.807, 2.05) is 13.0 Å². The molecule has 1 saturated carbocycles. The van der Waals surface area contributed by atoms with Gasteiger partial charge in [-0.15, -0.1) is 0 Å². The molecule has 2 unspecified atom stereocenters. The van der Waals surface area contributed by atoms with Crippen molar-refractivity contribution < 1.29 is 14.0 Å². The van der Waals surface area contributed by atoms with Gasteiger partial charge >= 0.3 is 0 Å². The quantitative estimate of drug-likeness (QED) is 0.879. The minimum atomic E-state index is -0.498. The number of rotatable bonds is 4. The molecule has 4 nitrogen and oxygen atoms in total. The molecule has 0 spiro atoms. The number of hydrogen-bond donors (Lipinski definition) is 2. The molecule has 3 rings (SSSR count). The Hall–Kier alpha value is -2.40. The van der Waals surface area contributed by atoms with Crippen molar-refractivity contribution in [1.29, 1.82) is 0 Å². The van der Waals surface area contributed by atoms with Crippen LogP contribution < -0.4 is 10.6 Å². The molecule has 0 bridgehead atoms. The van der Waals surface area contributed by atoms with Crippen LogP contribution in [-0.4, -0.2) is 11.8 Å². The van der Waals surface area contributed by atoms with E-state index in [2.05, 4.69) is 10.6 Å². The zero-order chi connectivity index (χ0) is 17.3. The van der Waals surface area contributed by atoms with Crippen molar-refractivity contribution in [3.8, 4) is 0 Å². The van der Waals surface area contributed by atoms with E-state index < -0.39 is 17.7 Å². The Kier molecular flexibility index (Phi) is 4.53. The summed E-state index contributed by atoms with van der Waals surface area (Å²) in [5.41, 5.74) is 1.65. The number of halogens is 2. The molecular weight excluding hydrogens is 331 g/mol. The monoisotopic (exact) mass is 346 g/mol. The van der Waals surface area contributed by atoms with E-state index in [0.29, 0.717) is 17.1 Å². The van der Waals surface area contributed by atoms with E-state index in [1.165, 1.54) is 12.1 Å². The van der Waals surface area contributed by atoms with Crippen molar-refractivity contribution in [2.24, 2.45) is 11.8 Å². The van der Waals surface area contributed by atoms with Gasteiger partial charge in [-0.3, -0.25) is 9.59 Å². The Morgan fingerprint density at radius 1 is 1.04 bits per heavy atom. The first kappa shape index (κ1) is 16.5. The Labute approximate surface area is 144 Å². The van der Waals surface area contributed by atoms with Crippen LogP contribution in [0.4, 0.5) is 15.8 Å². The van der Waals surface area contributed by atoms with Gasteiger partial charge in [0.15, 0.2) is 0 Å². The lowest BCUT2D eigenvalue weighted by atomic mass is 10.2. The average molecular weight is 347 g/mol. The number of carbonyl (C=O) groups is 2. The van der Waals surface area contributed by atoms with Crippen LogP contribution in [0.2, 0.25) is 5.02 Å². The molecule has 1 aliphatic carbocycles. The summed E-state index contributed by atoms with van der Waals surface area (Å²) in [7, 11) is 0. The Balaban J connectivity index is 1.60. The molecule has 1 fully saturated rings. The minimum absolute atomic E-state index is 0.124. The molecule has 6 heteroatoms. The van der Waals surface area contributed by atoms with Gasteiger partial charge in [-0.25, -0.2) is 4.39 Å². The van der Waals surface area contributed by atoms with Crippen LogP contribution in [0.3, 0.4) is 0 Å². The van der Waals surface area contributed by atoms with Gasteiger partial charge in [0.05, 0.1) is 17.5 Å². The van der Waals surface area contributed by atoms with Gasteiger partial charge in [-0.2, -0.15) is 0 Å². The molecule has 0 aliphatic heterocycles. The van der Waals surface area contributed by atoms with Crippen LogP contribution in [0.5, 0.6) is 0 Å². The lowest BCUT2D eigenvalue weighted by Gasteiger charge is -2.09. The number of nitrogens with one attached hydrogen (secondary N) is 2. The summed E-state index contributed by atoms with van der Waals surface area (Å²) in [6.45, 7) is 1.86. The second-order valence-corrected chi connectivity index (χ2v) is 6.30. The van der Waals surface area contributed by atoms with Gasteiger partial charge in [0, 0.05) is 10.7 Å². The Bertz CT molecular complexity index is 809. The van der Waals surface area contributed by atoms with E-state index in [1.54, 1.807) is 24.3 Å². The highest BCUT2D eigenvalue weighted by Gasteiger charge is 2.48. The highest BCUT2D eigenvalue weighted by atomic mass is 35.5. The third kappa shape index (κ3) is 3.57. The van der Waals surface area contributed by atoms with Gasteiger partial charge in [-0.05, 0) is 43.2 Å². The van der Waals surface area contributed by atoms with Gasteiger partial charge in [-0.1, -0.05) is 29.8 Å². The number of hydrogen-bond acceptors (Lipinski definition) is 2. The van der Waals surface area contributed by atoms with E-state index in [9.17, 15) is 14.0 Å². The normalized spacial score (nSPS) is 18.8. The maximum absolute atomic E-state index is 13.6. The molecule has 2 atom stereocenters. The molecule has 2 amide bonds. The maximum atomic E-state index is 13.6. The van der Waals surface area contributed by atoms with Crippen LogP contribution >= 0.6 is 11.6 Å². The highest BCUT2D eigenvalue weighted by Crippen LogP contribution is 2.40. The molecule has 0 heterocycles. The van der Waals surface area contributed by atoms with Gasteiger partial charge < -0.3 is 10.6 Å². The van der Waals surface area contributed by atoms with Crippen LogP contribution in [0.15, 0.2) is 42.5 Å². The summed E-state index contributed by atoms with van der Waals surface area (Å²) in [5, 5.41) is 5.85. The average Bonchev–Trinajstić information content (AvgIpc) is 3.34. The second kappa shape index (κ2) is 6.61. The predicted molar refractivity (Wildman–Crippen MR) is 91.4 cm³/mol. The smallest absolute Gasteiger partial charge is 0.228 e. The van der Waals surface area contributed by atoms with Gasteiger partial charge in [0.2, 0.25) is 11.8 Å². The van der Waals surface area contributed by atoms with Gasteiger partial charge in [0.1, 0.15) is 5.82 Å². The molecule has 0 radical (unpaired) electrons. The summed E-state index contributed by atoms with van der Waals surface area (Å²) in [6, 6.07) is 11.2. The summed E-state index contributed by atoms with van der Waals surface area (Å²) < 4.78 is 13.6. The zero-order valence-corrected chi connectivity index (χ0v) is 13.7. The largest absolute Gasteiger partial charge is 0.326 e. The number of aryl methyl sites for hydroxylation is 1. The molecule has 24 heavy (non-hydrogen) atoms. The third-order valence-electron chi connectivity index (χ3n) is 4.05. The minimum Gasteiger partial charge on any atom is -0.326 e. The van der Waals surface area contributed by atoms with E-state index in [4.69, 9.17) is 11.6 Å². The van der Waals surface area contributed by atoms with Crippen LogP contribution in [-0.2, 0) is 9.59 Å². The summed E-state index contributed by atoms with van der Waals surface area (Å²) in [5.74, 6) is -1.92. The van der Waals surface area contributed by atoms with Crippen molar-refractivity contribution in [3.63, 3.8) is 0 Å². The Morgan fingerprint density at radius 2 is 1.67 bits per heavy atom. The van der Waals surface area contributed by atoms with Gasteiger partial charge in [0.25, 0.3) is 0 Å². The first-order valence-electron chi connectivity index (χ1n) is 7.58. The molecular formula is C18H16ClFN2O2. The summed E-state index contributed by atoms with van der Waals surface area (Å²) in [4.78, 5) is 24.4. The van der Waals surface area contributed by atoms with Crippen LogP contribution in [0.1, 0.15) is 12.0 Å². The molecule has 124 valence electrons. The number of para-hydroxylation sites is 1. The van der Waals surface area contributed by atoms with Crippen molar-refractivity contribution in [2.75, 3.05) is 10.6 Å². The molecule has 1 aliphatic rings. The maximum Gasteiger partial charge on any atom is 0.228 e. The van der Waals surface area contributed by atoms with Crippen molar-refractivity contribution >= 4 is 34.8 Å². The number of amides is 2. The van der Waals surface area contributed by atoms with Crippen molar-refractivity contribution in [1.82, 2.24) is 0 Å². The van der Waals surface area contributed by atoms with E-state index in [0.717, 1.165) is 5.56 Å². The number of anilines is 2. The Morgan fingerprint density at radius 3 is 2.33 bits per heavy atom. The third-order valence-corrected chi connectivity index (χ3v) is 4.29. The van der Waals surface area contributed by atoms with Crippen LogP contribution in [0, 0.1) is 24.6 Å². The fourth-order valence-electron chi connectivity index (χ4n) is 2.52. The molecule has 2 N–H and O–H groups in total. The first-order valence-corrected chi connectivity index (χ1v) is 7.96. The fourth-order valence-corrected chi connectivity index (χ4v) is 2.69. The number of carbonyl (C=O) groups excluding carboxylic acids is 2. The lowest BCUT2D eigenvalue weighted by molar-refractivity contribution is -0.122. The number of benzene rings is 2. The molecule has 2 aromatic rings. The standard InChI is InChI=1S/C18H16ClFN2O2/c1-10-6-7-11(19)8-16(10)22-18(24)13-9-12(13)17(23)21-15-5-3-2-4-14(15)20/h2-8,12-13H,9H2,1H3,(H,21,23)(H,22,24).